The molecule has 0 aliphatic rings. The first kappa shape index (κ1) is 9.49. The monoisotopic (exact) mass is 221 g/mol. The molecule has 2 aromatic rings. The number of H-pyrrole nitrogens is 1. The molecule has 0 aliphatic carbocycles. The molecule has 2 rings (SSSR count). The molecular weight excluding hydrogens is 218 g/mol. The molecule has 0 atom stereocenters. The van der Waals surface area contributed by atoms with Crippen molar-refractivity contribution in [3.05, 3.63) is 28.5 Å². The molecule has 0 bridgehead atoms. The van der Waals surface area contributed by atoms with Crippen molar-refractivity contribution >= 4 is 28.6 Å². The summed E-state index contributed by atoms with van der Waals surface area (Å²) < 4.78 is 0. The van der Waals surface area contributed by atoms with E-state index in [1.165, 1.54) is 12.1 Å². The van der Waals surface area contributed by atoms with Crippen LogP contribution >= 0.6 is 11.6 Å². The molecule has 0 saturated carbocycles. The number of benzene rings is 1. The molecule has 1 aromatic carbocycles. The van der Waals surface area contributed by atoms with Crippen LogP contribution < -0.4 is 0 Å². The fraction of sp³-hybridized carbons (Fsp3) is 0. The molecule has 0 unspecified atom stereocenters. The van der Waals surface area contributed by atoms with Crippen molar-refractivity contribution in [2.45, 2.75) is 0 Å². The zero-order valence-corrected chi connectivity index (χ0v) is 8.04. The first-order chi connectivity index (χ1) is 7.13. The van der Waals surface area contributed by atoms with Gasteiger partial charge in [-0.15, -0.1) is 0 Å². The number of hydrogen-bond acceptors (Lipinski definition) is 3. The van der Waals surface area contributed by atoms with E-state index in [4.69, 9.17) is 22.0 Å². The minimum absolute atomic E-state index is 0.0168. The number of aromatic amines is 1. The van der Waals surface area contributed by atoms with Crippen molar-refractivity contribution in [1.82, 2.24) is 9.97 Å². The smallest absolute Gasteiger partial charge is 0.337 e. The van der Waals surface area contributed by atoms with Crippen LogP contribution in [0.4, 0.5) is 0 Å². The van der Waals surface area contributed by atoms with E-state index >= 15 is 0 Å². The van der Waals surface area contributed by atoms with Crippen LogP contribution in [0, 0.1) is 11.3 Å². The molecule has 1 heterocycles. The highest BCUT2D eigenvalue weighted by Gasteiger charge is 2.15. The fourth-order valence-electron chi connectivity index (χ4n) is 1.34. The second-order valence-electron chi connectivity index (χ2n) is 2.83. The standard InChI is InChI=1S/C9H4ClN3O2/c10-9-12-6-2-1-4(8(14)15)5(3-11)7(6)13-9/h1-2H,(H,12,13)(H,14,15). The maximum absolute atomic E-state index is 10.8. The van der Waals surface area contributed by atoms with Crippen LogP contribution in [0.2, 0.25) is 5.28 Å². The summed E-state index contributed by atoms with van der Waals surface area (Å²) >= 11 is 5.62. The summed E-state index contributed by atoms with van der Waals surface area (Å²) in [6, 6.07) is 4.68. The maximum atomic E-state index is 10.8. The molecule has 6 heteroatoms. The van der Waals surface area contributed by atoms with Gasteiger partial charge in [0.25, 0.3) is 0 Å². The summed E-state index contributed by atoms with van der Waals surface area (Å²) in [4.78, 5) is 17.4. The molecule has 15 heavy (non-hydrogen) atoms. The zero-order chi connectivity index (χ0) is 11.0. The lowest BCUT2D eigenvalue weighted by Gasteiger charge is -1.97. The summed E-state index contributed by atoms with van der Waals surface area (Å²) in [6.45, 7) is 0. The number of carbonyl (C=O) groups is 1. The van der Waals surface area contributed by atoms with Gasteiger partial charge in [-0.1, -0.05) is 0 Å². The van der Waals surface area contributed by atoms with E-state index < -0.39 is 5.97 Å². The minimum Gasteiger partial charge on any atom is -0.478 e. The fourth-order valence-corrected chi connectivity index (χ4v) is 1.52. The van der Waals surface area contributed by atoms with Gasteiger partial charge < -0.3 is 10.1 Å². The number of nitrogens with zero attached hydrogens (tertiary/aromatic N) is 2. The van der Waals surface area contributed by atoms with Gasteiger partial charge in [-0.3, -0.25) is 0 Å². The second-order valence-corrected chi connectivity index (χ2v) is 3.19. The number of rotatable bonds is 1. The van der Waals surface area contributed by atoms with Gasteiger partial charge in [0, 0.05) is 0 Å². The summed E-state index contributed by atoms with van der Waals surface area (Å²) in [5, 5.41) is 17.8. The van der Waals surface area contributed by atoms with Gasteiger partial charge in [0.2, 0.25) is 5.28 Å². The van der Waals surface area contributed by atoms with Crippen LogP contribution in [0.15, 0.2) is 12.1 Å². The number of aromatic carboxylic acids is 1. The molecule has 74 valence electrons. The Kier molecular flexibility index (Phi) is 2.06. The lowest BCUT2D eigenvalue weighted by molar-refractivity contribution is 0.0696. The zero-order valence-electron chi connectivity index (χ0n) is 7.28. The van der Waals surface area contributed by atoms with Crippen molar-refractivity contribution in [2.75, 3.05) is 0 Å². The average molecular weight is 222 g/mol. The Morgan fingerprint density at radius 2 is 2.33 bits per heavy atom. The highest BCUT2D eigenvalue weighted by atomic mass is 35.5. The molecule has 0 aliphatic heterocycles. The largest absolute Gasteiger partial charge is 0.478 e. The quantitative estimate of drug-likeness (QED) is 0.768. The average Bonchev–Trinajstić information content (AvgIpc) is 2.55. The van der Waals surface area contributed by atoms with Crippen LogP contribution in [0.1, 0.15) is 15.9 Å². The summed E-state index contributed by atoms with van der Waals surface area (Å²) in [6.07, 6.45) is 0. The van der Waals surface area contributed by atoms with Gasteiger partial charge in [-0.2, -0.15) is 5.26 Å². The van der Waals surface area contributed by atoms with E-state index in [0.29, 0.717) is 5.52 Å². The van der Waals surface area contributed by atoms with Gasteiger partial charge in [-0.05, 0) is 23.7 Å². The molecule has 0 saturated heterocycles. The number of carboxylic acids is 1. The van der Waals surface area contributed by atoms with E-state index in [-0.39, 0.29) is 21.9 Å². The number of aromatic nitrogens is 2. The van der Waals surface area contributed by atoms with Gasteiger partial charge >= 0.3 is 5.97 Å². The van der Waals surface area contributed by atoms with Gasteiger partial charge in [-0.25, -0.2) is 9.78 Å². The van der Waals surface area contributed by atoms with Crippen molar-refractivity contribution in [1.29, 1.82) is 5.26 Å². The van der Waals surface area contributed by atoms with Crippen LogP contribution in [0.3, 0.4) is 0 Å². The Labute approximate surface area is 88.9 Å². The number of nitriles is 1. The Morgan fingerprint density at radius 1 is 1.60 bits per heavy atom. The summed E-state index contributed by atoms with van der Waals surface area (Å²) in [7, 11) is 0. The van der Waals surface area contributed by atoms with E-state index in [1.54, 1.807) is 0 Å². The van der Waals surface area contributed by atoms with Crippen molar-refractivity contribution in [3.63, 3.8) is 0 Å². The number of imidazole rings is 1. The highest BCUT2D eigenvalue weighted by Crippen LogP contribution is 2.21. The predicted molar refractivity (Wildman–Crippen MR) is 52.8 cm³/mol. The molecule has 0 radical (unpaired) electrons. The first-order valence-corrected chi connectivity index (χ1v) is 4.33. The van der Waals surface area contributed by atoms with Gasteiger partial charge in [0.15, 0.2) is 0 Å². The van der Waals surface area contributed by atoms with Crippen LogP contribution in [-0.2, 0) is 0 Å². The Bertz CT molecular complexity index is 597. The summed E-state index contributed by atoms with van der Waals surface area (Å²) in [5.41, 5.74) is 0.764. The van der Waals surface area contributed by atoms with Crippen molar-refractivity contribution in [2.24, 2.45) is 0 Å². The van der Waals surface area contributed by atoms with Crippen LogP contribution in [0.25, 0.3) is 11.0 Å². The number of nitrogens with one attached hydrogen (secondary N) is 1. The summed E-state index contributed by atoms with van der Waals surface area (Å²) in [5.74, 6) is -1.16. The third kappa shape index (κ3) is 1.41. The lowest BCUT2D eigenvalue weighted by Crippen LogP contribution is -2.00. The lowest BCUT2D eigenvalue weighted by atomic mass is 10.1. The third-order valence-corrected chi connectivity index (χ3v) is 2.15. The number of halogens is 1. The number of hydrogen-bond donors (Lipinski definition) is 2. The third-order valence-electron chi connectivity index (χ3n) is 1.97. The maximum Gasteiger partial charge on any atom is 0.337 e. The van der Waals surface area contributed by atoms with E-state index in [9.17, 15) is 4.79 Å². The Hall–Kier alpha value is -2.06. The molecule has 0 amide bonds. The van der Waals surface area contributed by atoms with E-state index in [0.717, 1.165) is 0 Å². The van der Waals surface area contributed by atoms with Crippen molar-refractivity contribution < 1.29 is 9.90 Å². The molecule has 2 N–H and O–H groups in total. The Morgan fingerprint density at radius 3 is 2.93 bits per heavy atom. The first-order valence-electron chi connectivity index (χ1n) is 3.95. The van der Waals surface area contributed by atoms with Gasteiger partial charge in [0.1, 0.15) is 11.6 Å². The number of fused-ring (bicyclic) bond motifs is 1. The SMILES string of the molecule is N#Cc1c(C(=O)O)ccc2[nH]c(Cl)nc12. The molecule has 0 spiro atoms. The minimum atomic E-state index is -1.16. The molecule has 1 aromatic heterocycles. The molecule has 5 nitrogen and oxygen atoms in total. The second kappa shape index (κ2) is 3.26. The number of carboxylic acid groups (broad SMARTS) is 1. The van der Waals surface area contributed by atoms with Crippen LogP contribution in [-0.4, -0.2) is 21.0 Å². The van der Waals surface area contributed by atoms with E-state index in [2.05, 4.69) is 9.97 Å². The topological polar surface area (TPSA) is 89.8 Å². The normalized spacial score (nSPS) is 10.1. The Balaban J connectivity index is 2.88. The molecule has 0 fully saturated rings. The molecular formula is C9H4ClN3O2. The van der Waals surface area contributed by atoms with Crippen molar-refractivity contribution in [3.8, 4) is 6.07 Å². The van der Waals surface area contributed by atoms with E-state index in [1.807, 2.05) is 6.07 Å². The van der Waals surface area contributed by atoms with Crippen LogP contribution in [0.5, 0.6) is 0 Å². The van der Waals surface area contributed by atoms with Gasteiger partial charge in [0.05, 0.1) is 16.6 Å². The highest BCUT2D eigenvalue weighted by molar-refractivity contribution is 6.29. The predicted octanol–water partition coefficient (Wildman–Crippen LogP) is 1.79.